The van der Waals surface area contributed by atoms with Gasteiger partial charge in [-0.3, -0.25) is 14.5 Å². The van der Waals surface area contributed by atoms with Gasteiger partial charge in [0.25, 0.3) is 11.8 Å². The number of nitrogens with two attached hydrogens (primary N) is 1. The molecular formula is C21H15Cl2N3O4S. The molecule has 1 aliphatic heterocycles. The summed E-state index contributed by atoms with van der Waals surface area (Å²) in [4.78, 5) is 27.7. The van der Waals surface area contributed by atoms with Gasteiger partial charge in [-0.15, -0.1) is 0 Å². The van der Waals surface area contributed by atoms with E-state index in [1.54, 1.807) is 30.3 Å². The van der Waals surface area contributed by atoms with Crippen LogP contribution in [0.25, 0.3) is 0 Å². The molecule has 1 atom stereocenters. The van der Waals surface area contributed by atoms with Crippen LogP contribution in [-0.4, -0.2) is 20.2 Å². The van der Waals surface area contributed by atoms with Gasteiger partial charge in [0.15, 0.2) is 0 Å². The predicted molar refractivity (Wildman–Crippen MR) is 119 cm³/mol. The number of amides is 2. The van der Waals surface area contributed by atoms with E-state index in [-0.39, 0.29) is 21.2 Å². The minimum atomic E-state index is -4.01. The Balaban J connectivity index is 1.92. The Morgan fingerprint density at radius 3 is 2.35 bits per heavy atom. The number of hydrogen-bond acceptors (Lipinski definition) is 4. The normalized spacial score (nSPS) is 15.9. The fourth-order valence-electron chi connectivity index (χ4n) is 3.41. The van der Waals surface area contributed by atoms with E-state index in [9.17, 15) is 18.0 Å². The van der Waals surface area contributed by atoms with Crippen molar-refractivity contribution in [2.24, 2.45) is 5.14 Å². The minimum Gasteiger partial charge on any atom is -0.322 e. The zero-order valence-electron chi connectivity index (χ0n) is 15.7. The molecule has 0 saturated heterocycles. The van der Waals surface area contributed by atoms with Gasteiger partial charge in [-0.25, -0.2) is 13.6 Å². The second-order valence-corrected chi connectivity index (χ2v) is 9.23. The molecule has 3 aromatic rings. The van der Waals surface area contributed by atoms with Crippen LogP contribution in [0.5, 0.6) is 0 Å². The number of hydrogen-bond donors (Lipinski definition) is 2. The molecule has 158 valence electrons. The van der Waals surface area contributed by atoms with Gasteiger partial charge in [0, 0.05) is 5.02 Å². The predicted octanol–water partition coefficient (Wildman–Crippen LogP) is 3.98. The molecule has 0 bridgehead atoms. The number of benzene rings is 3. The van der Waals surface area contributed by atoms with E-state index in [1.165, 1.54) is 41.3 Å². The number of fused-ring (bicyclic) bond motifs is 1. The van der Waals surface area contributed by atoms with Gasteiger partial charge in [-0.1, -0.05) is 53.5 Å². The third kappa shape index (κ3) is 4.03. The van der Waals surface area contributed by atoms with E-state index in [4.69, 9.17) is 28.3 Å². The zero-order valence-corrected chi connectivity index (χ0v) is 18.1. The molecule has 3 N–H and O–H groups in total. The fraction of sp³-hybridized carbons (Fsp3) is 0.0476. The summed E-state index contributed by atoms with van der Waals surface area (Å²) in [6, 6.07) is 16.1. The molecule has 2 amide bonds. The number of carbonyl (C=O) groups excluding carboxylic acids is 2. The SMILES string of the molecule is NS(=O)(=O)c1ccc2c(c1)NC(=O)C(c1ccccc1)N2C(=O)c1ccc(Cl)cc1Cl. The number of primary sulfonamides is 1. The number of anilines is 2. The Morgan fingerprint density at radius 2 is 1.71 bits per heavy atom. The van der Waals surface area contributed by atoms with Crippen LogP contribution in [0, 0.1) is 0 Å². The second kappa shape index (κ2) is 7.97. The van der Waals surface area contributed by atoms with Crippen LogP contribution in [0.2, 0.25) is 10.0 Å². The van der Waals surface area contributed by atoms with Crippen LogP contribution in [-0.2, 0) is 14.8 Å². The standard InChI is InChI=1S/C21H15Cl2N3O4S/c22-13-6-8-15(16(23)10-13)21(28)26-18-9-7-14(31(24,29)30)11-17(18)25-20(27)19(26)12-4-2-1-3-5-12/h1-11,19H,(H,25,27)(H2,24,29,30). The summed E-state index contributed by atoms with van der Waals surface area (Å²) >= 11 is 12.2. The third-order valence-electron chi connectivity index (χ3n) is 4.82. The fourth-order valence-corrected chi connectivity index (χ4v) is 4.44. The van der Waals surface area contributed by atoms with Gasteiger partial charge in [0.2, 0.25) is 10.0 Å². The first-order valence-corrected chi connectivity index (χ1v) is 11.3. The number of nitrogens with one attached hydrogen (secondary N) is 1. The summed E-state index contributed by atoms with van der Waals surface area (Å²) < 4.78 is 23.5. The molecule has 0 aliphatic carbocycles. The summed E-state index contributed by atoms with van der Waals surface area (Å²) in [5.74, 6) is -1.06. The Hall–Kier alpha value is -2.91. The number of halogens is 2. The lowest BCUT2D eigenvalue weighted by Crippen LogP contribution is -2.45. The van der Waals surface area contributed by atoms with Crippen LogP contribution >= 0.6 is 23.2 Å². The molecule has 0 aromatic heterocycles. The Labute approximate surface area is 188 Å². The first kappa shape index (κ1) is 21.3. The van der Waals surface area contributed by atoms with Gasteiger partial charge in [0.1, 0.15) is 6.04 Å². The highest BCUT2D eigenvalue weighted by atomic mass is 35.5. The lowest BCUT2D eigenvalue weighted by atomic mass is 9.99. The van der Waals surface area contributed by atoms with Crippen molar-refractivity contribution < 1.29 is 18.0 Å². The Kier molecular flexibility index (Phi) is 5.49. The smallest absolute Gasteiger partial charge is 0.260 e. The van der Waals surface area contributed by atoms with Gasteiger partial charge in [0.05, 0.1) is 26.9 Å². The highest BCUT2D eigenvalue weighted by Crippen LogP contribution is 2.41. The first-order chi connectivity index (χ1) is 14.7. The van der Waals surface area contributed by atoms with Crippen molar-refractivity contribution in [1.82, 2.24) is 0 Å². The van der Waals surface area contributed by atoms with Crippen LogP contribution < -0.4 is 15.4 Å². The lowest BCUT2D eigenvalue weighted by Gasteiger charge is -2.37. The van der Waals surface area contributed by atoms with Crippen molar-refractivity contribution in [2.75, 3.05) is 10.2 Å². The van der Waals surface area contributed by atoms with Crippen LogP contribution in [0.3, 0.4) is 0 Å². The maximum atomic E-state index is 13.6. The van der Waals surface area contributed by atoms with Crippen LogP contribution in [0.1, 0.15) is 22.0 Å². The summed E-state index contributed by atoms with van der Waals surface area (Å²) in [5.41, 5.74) is 1.15. The molecule has 0 saturated carbocycles. The molecule has 0 radical (unpaired) electrons. The molecule has 1 heterocycles. The average Bonchev–Trinajstić information content (AvgIpc) is 2.72. The topological polar surface area (TPSA) is 110 Å². The van der Waals surface area contributed by atoms with Crippen molar-refractivity contribution in [3.8, 4) is 0 Å². The molecule has 1 aliphatic rings. The number of nitrogens with zero attached hydrogens (tertiary/aromatic N) is 1. The monoisotopic (exact) mass is 475 g/mol. The van der Waals surface area contributed by atoms with E-state index < -0.39 is 27.9 Å². The maximum Gasteiger partial charge on any atom is 0.260 e. The maximum absolute atomic E-state index is 13.6. The van der Waals surface area contributed by atoms with Gasteiger partial charge >= 0.3 is 0 Å². The van der Waals surface area contributed by atoms with Crippen LogP contribution in [0.15, 0.2) is 71.6 Å². The molecule has 31 heavy (non-hydrogen) atoms. The Bertz CT molecular complexity index is 1310. The third-order valence-corrected chi connectivity index (χ3v) is 6.27. The van der Waals surface area contributed by atoms with Crippen molar-refractivity contribution >= 4 is 56.4 Å². The van der Waals surface area contributed by atoms with Crippen molar-refractivity contribution in [2.45, 2.75) is 10.9 Å². The number of carbonyl (C=O) groups is 2. The van der Waals surface area contributed by atoms with Crippen LogP contribution in [0.4, 0.5) is 11.4 Å². The molecule has 0 fully saturated rings. The number of rotatable bonds is 3. The van der Waals surface area contributed by atoms with E-state index >= 15 is 0 Å². The van der Waals surface area contributed by atoms with Crippen molar-refractivity contribution in [3.63, 3.8) is 0 Å². The molecular weight excluding hydrogens is 461 g/mol. The van der Waals surface area contributed by atoms with Crippen molar-refractivity contribution in [1.29, 1.82) is 0 Å². The summed E-state index contributed by atoms with van der Waals surface area (Å²) in [6.07, 6.45) is 0. The molecule has 4 rings (SSSR count). The van der Waals surface area contributed by atoms with E-state index in [1.807, 2.05) is 0 Å². The van der Waals surface area contributed by atoms with E-state index in [2.05, 4.69) is 5.32 Å². The van der Waals surface area contributed by atoms with Gasteiger partial charge in [-0.2, -0.15) is 0 Å². The Morgan fingerprint density at radius 1 is 1.00 bits per heavy atom. The van der Waals surface area contributed by atoms with E-state index in [0.29, 0.717) is 16.3 Å². The molecule has 3 aromatic carbocycles. The highest BCUT2D eigenvalue weighted by molar-refractivity contribution is 7.89. The number of sulfonamides is 1. The molecule has 7 nitrogen and oxygen atoms in total. The molecule has 1 unspecified atom stereocenters. The summed E-state index contributed by atoms with van der Waals surface area (Å²) in [6.45, 7) is 0. The van der Waals surface area contributed by atoms with E-state index in [0.717, 1.165) is 0 Å². The summed E-state index contributed by atoms with van der Waals surface area (Å²) in [7, 11) is -4.01. The minimum absolute atomic E-state index is 0.123. The van der Waals surface area contributed by atoms with Gasteiger partial charge < -0.3 is 5.32 Å². The highest BCUT2D eigenvalue weighted by Gasteiger charge is 2.39. The quantitative estimate of drug-likeness (QED) is 0.596. The molecule has 0 spiro atoms. The second-order valence-electron chi connectivity index (χ2n) is 6.83. The lowest BCUT2D eigenvalue weighted by molar-refractivity contribution is -0.117. The van der Waals surface area contributed by atoms with Crippen molar-refractivity contribution in [3.05, 3.63) is 87.9 Å². The summed E-state index contributed by atoms with van der Waals surface area (Å²) in [5, 5.41) is 8.37. The first-order valence-electron chi connectivity index (χ1n) is 8.98. The molecule has 10 heteroatoms. The van der Waals surface area contributed by atoms with Gasteiger partial charge in [-0.05, 0) is 42.0 Å². The largest absolute Gasteiger partial charge is 0.322 e. The zero-order chi connectivity index (χ0) is 22.3. The average molecular weight is 476 g/mol.